The first-order chi connectivity index (χ1) is 23.3. The topological polar surface area (TPSA) is 3.24 Å². The molecule has 0 spiro atoms. The molecule has 0 fully saturated rings. The number of nitrogens with zero attached hydrogens (tertiary/aromatic N) is 1. The van der Waals surface area contributed by atoms with Crippen LogP contribution in [-0.2, 0) is 6.42 Å². The zero-order valence-electron chi connectivity index (χ0n) is 27.0. The van der Waals surface area contributed by atoms with Crippen molar-refractivity contribution in [2.24, 2.45) is 47.3 Å². The average molecular weight is 610 g/mol. The molecule has 0 saturated heterocycles. The molecule has 0 radical (unpaired) electrons. The first-order valence-corrected chi connectivity index (χ1v) is 18.2. The predicted molar refractivity (Wildman–Crippen MR) is 195 cm³/mol. The zero-order valence-corrected chi connectivity index (χ0v) is 27.0. The lowest BCUT2D eigenvalue weighted by molar-refractivity contribution is 0.189. The number of benzene rings is 1. The van der Waals surface area contributed by atoms with Gasteiger partial charge in [0.15, 0.2) is 0 Å². The number of rotatable bonds is 3. The fourth-order valence-electron chi connectivity index (χ4n) is 10.7. The summed E-state index contributed by atoms with van der Waals surface area (Å²) in [5.41, 5.74) is 12.7. The van der Waals surface area contributed by atoms with Crippen LogP contribution in [0.2, 0.25) is 0 Å². The Morgan fingerprint density at radius 3 is 2.43 bits per heavy atom. The smallest absolute Gasteiger partial charge is 0.0508 e. The average Bonchev–Trinajstić information content (AvgIpc) is 3.47. The van der Waals surface area contributed by atoms with E-state index in [1.54, 1.807) is 28.0 Å². The van der Waals surface area contributed by atoms with Crippen molar-refractivity contribution in [3.05, 3.63) is 185 Å². The minimum atomic E-state index is 0.402. The predicted octanol–water partition coefficient (Wildman–Crippen LogP) is 10.3. The van der Waals surface area contributed by atoms with Crippen molar-refractivity contribution in [1.82, 2.24) is 4.90 Å². The Hall–Kier alpha value is -4.36. The van der Waals surface area contributed by atoms with E-state index in [-0.39, 0.29) is 0 Å². The molecule has 47 heavy (non-hydrogen) atoms. The molecule has 0 N–H and O–H groups in total. The van der Waals surface area contributed by atoms with Crippen molar-refractivity contribution < 1.29 is 0 Å². The maximum Gasteiger partial charge on any atom is 0.0508 e. The molecular formula is C46H43N. The molecule has 9 atom stereocenters. The van der Waals surface area contributed by atoms with Crippen molar-refractivity contribution >= 4 is 5.57 Å². The van der Waals surface area contributed by atoms with Gasteiger partial charge in [0, 0.05) is 52.8 Å². The number of fused-ring (bicyclic) bond motifs is 7. The van der Waals surface area contributed by atoms with Gasteiger partial charge in [-0.05, 0) is 71.9 Å². The summed E-state index contributed by atoms with van der Waals surface area (Å²) in [5, 5.41) is 0. The van der Waals surface area contributed by atoms with Gasteiger partial charge in [-0.15, -0.1) is 0 Å². The fourth-order valence-corrected chi connectivity index (χ4v) is 10.7. The maximum atomic E-state index is 2.91. The van der Waals surface area contributed by atoms with Gasteiger partial charge in [-0.25, -0.2) is 0 Å². The Kier molecular flexibility index (Phi) is 6.56. The number of hydrogen-bond acceptors (Lipinski definition) is 1. The van der Waals surface area contributed by atoms with Gasteiger partial charge in [-0.2, -0.15) is 0 Å². The van der Waals surface area contributed by atoms with Gasteiger partial charge in [0.05, 0.1) is 6.04 Å². The summed E-state index contributed by atoms with van der Waals surface area (Å²) in [4.78, 5) is 2.91. The van der Waals surface area contributed by atoms with E-state index in [1.165, 1.54) is 42.5 Å². The van der Waals surface area contributed by atoms with E-state index in [9.17, 15) is 0 Å². The van der Waals surface area contributed by atoms with Gasteiger partial charge in [-0.1, -0.05) is 145 Å². The van der Waals surface area contributed by atoms with Crippen LogP contribution >= 0.6 is 0 Å². The molecule has 9 aliphatic rings. The summed E-state index contributed by atoms with van der Waals surface area (Å²) in [7, 11) is 0. The molecule has 0 bridgehead atoms. The molecule has 10 rings (SSSR count). The van der Waals surface area contributed by atoms with E-state index in [0.29, 0.717) is 53.4 Å². The monoisotopic (exact) mass is 609 g/mol. The third kappa shape index (κ3) is 4.35. The van der Waals surface area contributed by atoms with Gasteiger partial charge >= 0.3 is 0 Å². The fraction of sp³-hybridized carbons (Fsp3) is 0.304. The van der Waals surface area contributed by atoms with Gasteiger partial charge < -0.3 is 4.90 Å². The lowest BCUT2D eigenvalue weighted by atomic mass is 9.61. The minimum Gasteiger partial charge on any atom is -0.343 e. The first kappa shape index (κ1) is 27.7. The molecule has 0 saturated carbocycles. The SMILES string of the molecule is C1=CC2=CC=CC(C3=CC4C5=C(CCC(C6=CCCc7ccccc76)C5)N(C5=CC=CC6C=CC=CC56)C4C4C=CC=CC34)C2C=C1. The highest BCUT2D eigenvalue weighted by molar-refractivity contribution is 5.72. The van der Waals surface area contributed by atoms with E-state index in [2.05, 4.69) is 151 Å². The minimum absolute atomic E-state index is 0.402. The molecule has 0 amide bonds. The Labute approximate surface area is 280 Å². The third-order valence-electron chi connectivity index (χ3n) is 12.7. The Bertz CT molecular complexity index is 1920. The Morgan fingerprint density at radius 2 is 1.45 bits per heavy atom. The van der Waals surface area contributed by atoms with Crippen LogP contribution < -0.4 is 0 Å². The van der Waals surface area contributed by atoms with Crippen molar-refractivity contribution in [2.45, 2.75) is 38.1 Å². The van der Waals surface area contributed by atoms with Crippen LogP contribution in [0.5, 0.6) is 0 Å². The van der Waals surface area contributed by atoms with Gasteiger partial charge in [0.1, 0.15) is 0 Å². The van der Waals surface area contributed by atoms with Crippen LogP contribution in [0.4, 0.5) is 0 Å². The van der Waals surface area contributed by atoms with E-state index in [4.69, 9.17) is 0 Å². The van der Waals surface area contributed by atoms with Gasteiger partial charge in [-0.3, -0.25) is 0 Å². The molecule has 1 heteroatoms. The molecule has 1 aliphatic heterocycles. The van der Waals surface area contributed by atoms with E-state index in [1.807, 2.05) is 0 Å². The van der Waals surface area contributed by atoms with Crippen molar-refractivity contribution in [1.29, 1.82) is 0 Å². The molecule has 9 unspecified atom stereocenters. The summed E-state index contributed by atoms with van der Waals surface area (Å²) in [6.45, 7) is 0. The summed E-state index contributed by atoms with van der Waals surface area (Å²) in [6.07, 6.45) is 54.1. The zero-order chi connectivity index (χ0) is 30.9. The van der Waals surface area contributed by atoms with Gasteiger partial charge in [0.2, 0.25) is 0 Å². The first-order valence-electron chi connectivity index (χ1n) is 18.2. The molecule has 1 aromatic carbocycles. The molecule has 1 heterocycles. The van der Waals surface area contributed by atoms with Crippen LogP contribution in [0.3, 0.4) is 0 Å². The summed E-state index contributed by atoms with van der Waals surface area (Å²) in [5.74, 6) is 3.56. The van der Waals surface area contributed by atoms with E-state index >= 15 is 0 Å². The van der Waals surface area contributed by atoms with Crippen LogP contribution in [0.15, 0.2) is 174 Å². The second kappa shape index (κ2) is 11.1. The number of hydrogen-bond donors (Lipinski definition) is 0. The summed E-state index contributed by atoms with van der Waals surface area (Å²) in [6, 6.07) is 9.66. The molecular weight excluding hydrogens is 567 g/mol. The summed E-state index contributed by atoms with van der Waals surface area (Å²) < 4.78 is 0. The van der Waals surface area contributed by atoms with Crippen molar-refractivity contribution in [3.8, 4) is 0 Å². The van der Waals surface area contributed by atoms with E-state index < -0.39 is 0 Å². The second-order valence-electron chi connectivity index (χ2n) is 14.9. The lowest BCUT2D eigenvalue weighted by Crippen LogP contribution is -2.47. The molecule has 8 aliphatic carbocycles. The standard InChI is InChI=1S/C46H43N/c1-4-18-34-30(12-1)15-9-23-36(34)33-26-27-45-42(28-33)43-29-41(38-24-10-16-31-13-2-5-19-35(31)38)39-21-7-8-22-40(39)46(43)47(45)44-25-11-17-32-14-3-6-20-37(32)44/h1-8,10-14,16-25,29,32-33,35,37-40,43,46H,9,15,26-28H2. The third-order valence-corrected chi connectivity index (χ3v) is 12.7. The summed E-state index contributed by atoms with van der Waals surface area (Å²) >= 11 is 0. The van der Waals surface area contributed by atoms with E-state index in [0.717, 1.165) is 6.42 Å². The number of allylic oxidation sites excluding steroid dienone is 22. The van der Waals surface area contributed by atoms with Crippen LogP contribution in [0.25, 0.3) is 5.57 Å². The molecule has 232 valence electrons. The highest BCUT2D eigenvalue weighted by Crippen LogP contribution is 2.58. The van der Waals surface area contributed by atoms with Crippen LogP contribution in [0.1, 0.15) is 36.8 Å². The maximum absolute atomic E-state index is 2.91. The quantitative estimate of drug-likeness (QED) is 0.308. The number of aryl methyl sites for hydroxylation is 1. The van der Waals surface area contributed by atoms with Crippen LogP contribution in [-0.4, -0.2) is 10.9 Å². The largest absolute Gasteiger partial charge is 0.343 e. The van der Waals surface area contributed by atoms with Crippen molar-refractivity contribution in [3.63, 3.8) is 0 Å². The second-order valence-corrected chi connectivity index (χ2v) is 14.9. The molecule has 1 aromatic rings. The highest BCUT2D eigenvalue weighted by atomic mass is 15.2. The lowest BCUT2D eigenvalue weighted by Gasteiger charge is -2.48. The van der Waals surface area contributed by atoms with Crippen molar-refractivity contribution in [2.75, 3.05) is 0 Å². The normalized spacial score (nSPS) is 36.9. The Morgan fingerprint density at radius 1 is 0.660 bits per heavy atom. The van der Waals surface area contributed by atoms with Crippen LogP contribution in [0, 0.1) is 47.3 Å². The Balaban J connectivity index is 1.11. The highest BCUT2D eigenvalue weighted by Gasteiger charge is 2.52. The molecule has 0 aromatic heterocycles. The molecule has 1 nitrogen and oxygen atoms in total. The van der Waals surface area contributed by atoms with Gasteiger partial charge in [0.25, 0.3) is 0 Å².